The molecular formula is C18H20F3N7OS. The molecule has 2 aliphatic rings. The van der Waals surface area contributed by atoms with E-state index in [-0.39, 0.29) is 17.4 Å². The molecule has 1 aliphatic carbocycles. The molecule has 160 valence electrons. The van der Waals surface area contributed by atoms with Crippen LogP contribution >= 0.6 is 11.5 Å². The van der Waals surface area contributed by atoms with Gasteiger partial charge in [0.15, 0.2) is 18.0 Å². The lowest BCUT2D eigenvalue weighted by atomic mass is 9.92. The number of nitrogens with one attached hydrogen (secondary N) is 1. The molecule has 3 atom stereocenters. The number of aryl methyl sites for hydroxylation is 1. The Hall–Kier alpha value is -2.63. The summed E-state index contributed by atoms with van der Waals surface area (Å²) in [5.74, 6) is 2.08. The van der Waals surface area contributed by atoms with Crippen molar-refractivity contribution < 1.29 is 17.9 Å². The highest BCUT2D eigenvalue weighted by Crippen LogP contribution is 2.40. The van der Waals surface area contributed by atoms with Crippen molar-refractivity contribution in [3.8, 4) is 5.75 Å². The molecule has 2 bridgehead atoms. The van der Waals surface area contributed by atoms with Crippen LogP contribution in [0.3, 0.4) is 0 Å². The third kappa shape index (κ3) is 3.75. The van der Waals surface area contributed by atoms with Crippen molar-refractivity contribution in [2.24, 2.45) is 11.8 Å². The Kier molecular flexibility index (Phi) is 4.68. The van der Waals surface area contributed by atoms with Crippen molar-refractivity contribution in [1.29, 1.82) is 0 Å². The number of nitrogens with zero attached hydrogens (tertiary/aromatic N) is 6. The summed E-state index contributed by atoms with van der Waals surface area (Å²) < 4.78 is 48.2. The summed E-state index contributed by atoms with van der Waals surface area (Å²) in [4.78, 5) is 11.2. The normalized spacial score (nSPS) is 23.9. The van der Waals surface area contributed by atoms with E-state index < -0.39 is 12.8 Å². The molecular weight excluding hydrogens is 419 g/mol. The van der Waals surface area contributed by atoms with Crippen molar-refractivity contribution in [1.82, 2.24) is 24.0 Å². The highest BCUT2D eigenvalue weighted by molar-refractivity contribution is 7.09. The average Bonchev–Trinajstić information content (AvgIpc) is 3.36. The molecule has 1 saturated carbocycles. The first-order chi connectivity index (χ1) is 14.4. The number of hydrogen-bond donors (Lipinski definition) is 1. The third-order valence-electron chi connectivity index (χ3n) is 5.63. The molecule has 5 rings (SSSR count). The highest BCUT2D eigenvalue weighted by atomic mass is 32.1. The monoisotopic (exact) mass is 439 g/mol. The standard InChI is InChI=1S/C18H20F3N7OS/c1-10-22-17(30-26-10)27-7-11-4-5-12(8-27)14(11)23-16-24-15-13(29-9-18(19,20)21)3-2-6-28(15)25-16/h2-3,6,11-12,14H,4-5,7-9H2,1H3,(H,23,25)/t11-,12+,14-. The SMILES string of the molecule is Cc1nsc(N2C[C@H]3CC[C@@H](C2)[C@@H]3Nc2nc3c(OCC(F)(F)F)cccn3n2)n1. The molecule has 3 aromatic rings. The quantitative estimate of drug-likeness (QED) is 0.654. The van der Waals surface area contributed by atoms with Crippen LogP contribution in [0, 0.1) is 18.8 Å². The maximum absolute atomic E-state index is 12.5. The first kappa shape index (κ1) is 19.3. The number of aromatic nitrogens is 5. The maximum atomic E-state index is 12.5. The van der Waals surface area contributed by atoms with Crippen LogP contribution in [0.5, 0.6) is 5.75 Å². The molecule has 1 aliphatic heterocycles. The van der Waals surface area contributed by atoms with E-state index in [1.54, 1.807) is 12.3 Å². The van der Waals surface area contributed by atoms with Crippen LogP contribution in [0.1, 0.15) is 18.7 Å². The van der Waals surface area contributed by atoms with Crippen LogP contribution in [-0.4, -0.2) is 55.9 Å². The second-order valence-electron chi connectivity index (χ2n) is 7.78. The van der Waals surface area contributed by atoms with Crippen LogP contribution in [0.25, 0.3) is 5.65 Å². The summed E-state index contributed by atoms with van der Waals surface area (Å²) in [6.45, 7) is 2.30. The van der Waals surface area contributed by atoms with Gasteiger partial charge < -0.3 is 15.0 Å². The summed E-state index contributed by atoms with van der Waals surface area (Å²) >= 11 is 1.43. The van der Waals surface area contributed by atoms with Gasteiger partial charge in [0.25, 0.3) is 0 Å². The molecule has 3 aromatic heterocycles. The first-order valence-corrected chi connectivity index (χ1v) is 10.5. The van der Waals surface area contributed by atoms with Gasteiger partial charge in [-0.05, 0) is 43.7 Å². The maximum Gasteiger partial charge on any atom is 0.422 e. The Morgan fingerprint density at radius 2 is 2.00 bits per heavy atom. The minimum Gasteiger partial charge on any atom is -0.480 e. The molecule has 0 amide bonds. The van der Waals surface area contributed by atoms with Crippen LogP contribution in [0.15, 0.2) is 18.3 Å². The number of fused-ring (bicyclic) bond motifs is 3. The molecule has 8 nitrogen and oxygen atoms in total. The molecule has 0 unspecified atom stereocenters. The van der Waals surface area contributed by atoms with Crippen molar-refractivity contribution in [3.05, 3.63) is 24.2 Å². The molecule has 0 spiro atoms. The van der Waals surface area contributed by atoms with Gasteiger partial charge >= 0.3 is 6.18 Å². The summed E-state index contributed by atoms with van der Waals surface area (Å²) in [7, 11) is 0. The minimum atomic E-state index is -4.41. The van der Waals surface area contributed by atoms with Gasteiger partial charge in [-0.15, -0.1) is 5.10 Å². The fourth-order valence-electron chi connectivity index (χ4n) is 4.39. The minimum absolute atomic E-state index is 0.0554. The first-order valence-electron chi connectivity index (χ1n) is 9.72. The lowest BCUT2D eigenvalue weighted by Crippen LogP contribution is -2.48. The Morgan fingerprint density at radius 3 is 2.67 bits per heavy atom. The van der Waals surface area contributed by atoms with Crippen molar-refractivity contribution >= 4 is 28.3 Å². The van der Waals surface area contributed by atoms with Crippen LogP contribution in [0.2, 0.25) is 0 Å². The van der Waals surface area contributed by atoms with Gasteiger partial charge in [0, 0.05) is 36.9 Å². The van der Waals surface area contributed by atoms with Crippen molar-refractivity contribution in [3.63, 3.8) is 0 Å². The van der Waals surface area contributed by atoms with E-state index in [0.717, 1.165) is 36.9 Å². The van der Waals surface area contributed by atoms with Gasteiger partial charge in [0.1, 0.15) is 5.82 Å². The number of anilines is 2. The number of piperidine rings is 1. The zero-order valence-corrected chi connectivity index (χ0v) is 16.9. The van der Waals surface area contributed by atoms with Crippen LogP contribution in [0.4, 0.5) is 24.3 Å². The molecule has 0 radical (unpaired) electrons. The number of halogens is 3. The molecule has 2 fully saturated rings. The van der Waals surface area contributed by atoms with Crippen molar-refractivity contribution in [2.45, 2.75) is 32.0 Å². The predicted octanol–water partition coefficient (Wildman–Crippen LogP) is 3.16. The molecule has 1 saturated heterocycles. The van der Waals surface area contributed by atoms with Crippen LogP contribution in [-0.2, 0) is 0 Å². The predicted molar refractivity (Wildman–Crippen MR) is 105 cm³/mol. The van der Waals surface area contributed by atoms with E-state index in [1.165, 1.54) is 22.1 Å². The van der Waals surface area contributed by atoms with Gasteiger partial charge in [-0.25, -0.2) is 9.50 Å². The molecule has 12 heteroatoms. The van der Waals surface area contributed by atoms with E-state index >= 15 is 0 Å². The van der Waals surface area contributed by atoms with Crippen LogP contribution < -0.4 is 15.0 Å². The Morgan fingerprint density at radius 1 is 1.23 bits per heavy atom. The van der Waals surface area contributed by atoms with Gasteiger partial charge in [-0.2, -0.15) is 22.5 Å². The fraction of sp³-hybridized carbons (Fsp3) is 0.556. The zero-order valence-electron chi connectivity index (χ0n) is 16.1. The number of rotatable bonds is 5. The highest BCUT2D eigenvalue weighted by Gasteiger charge is 2.43. The average molecular weight is 439 g/mol. The Balaban J connectivity index is 1.31. The molecule has 30 heavy (non-hydrogen) atoms. The smallest absolute Gasteiger partial charge is 0.422 e. The van der Waals surface area contributed by atoms with E-state index in [1.807, 2.05) is 6.92 Å². The molecule has 4 heterocycles. The Bertz CT molecular complexity index is 1040. The lowest BCUT2D eigenvalue weighted by Gasteiger charge is -2.37. The van der Waals surface area contributed by atoms with E-state index in [4.69, 9.17) is 4.74 Å². The molecule has 0 aromatic carbocycles. The lowest BCUT2D eigenvalue weighted by molar-refractivity contribution is -0.153. The molecule has 1 N–H and O–H groups in total. The summed E-state index contributed by atoms with van der Waals surface area (Å²) in [6.07, 6.45) is -0.566. The second-order valence-corrected chi connectivity index (χ2v) is 8.51. The van der Waals surface area contributed by atoms with E-state index in [0.29, 0.717) is 17.8 Å². The van der Waals surface area contributed by atoms with E-state index in [9.17, 15) is 13.2 Å². The summed E-state index contributed by atoms with van der Waals surface area (Å²) in [5, 5.41) is 8.78. The second kappa shape index (κ2) is 7.25. The largest absolute Gasteiger partial charge is 0.480 e. The number of alkyl halides is 3. The number of pyridine rings is 1. The van der Waals surface area contributed by atoms with Gasteiger partial charge in [-0.1, -0.05) is 0 Å². The summed E-state index contributed by atoms with van der Waals surface area (Å²) in [6, 6.07) is 3.27. The van der Waals surface area contributed by atoms with Gasteiger partial charge in [0.2, 0.25) is 11.1 Å². The van der Waals surface area contributed by atoms with Gasteiger partial charge in [-0.3, -0.25) is 0 Å². The Labute approximate surface area is 174 Å². The van der Waals surface area contributed by atoms with Gasteiger partial charge in [0.05, 0.1) is 0 Å². The summed E-state index contributed by atoms with van der Waals surface area (Å²) in [5.41, 5.74) is 0.262. The topological polar surface area (TPSA) is 80.5 Å². The van der Waals surface area contributed by atoms with Crippen molar-refractivity contribution in [2.75, 3.05) is 29.9 Å². The third-order valence-corrected chi connectivity index (χ3v) is 6.50. The number of hydrogen-bond acceptors (Lipinski definition) is 8. The zero-order chi connectivity index (χ0) is 20.9. The van der Waals surface area contributed by atoms with E-state index in [2.05, 4.69) is 29.7 Å². The number of ether oxygens (including phenoxy) is 1. The fourth-order valence-corrected chi connectivity index (χ4v) is 5.09.